The van der Waals surface area contributed by atoms with Gasteiger partial charge in [-0.25, -0.2) is 4.39 Å². The summed E-state index contributed by atoms with van der Waals surface area (Å²) in [5.74, 6) is -0.576. The minimum Gasteiger partial charge on any atom is -0.311 e. The van der Waals surface area contributed by atoms with Crippen molar-refractivity contribution in [2.45, 2.75) is 12.5 Å². The Bertz CT molecular complexity index is 601. The molecule has 0 aliphatic carbocycles. The molecule has 1 aromatic carbocycles. The molecule has 1 atom stereocenters. The van der Waals surface area contributed by atoms with E-state index in [0.29, 0.717) is 5.69 Å². The van der Waals surface area contributed by atoms with Gasteiger partial charge in [-0.1, -0.05) is 0 Å². The van der Waals surface area contributed by atoms with Crippen LogP contribution in [0.5, 0.6) is 0 Å². The average Bonchev–Trinajstić information content (AvgIpc) is 2.70. The van der Waals surface area contributed by atoms with Crippen LogP contribution >= 0.6 is 0 Å². The summed E-state index contributed by atoms with van der Waals surface area (Å²) < 4.78 is 39.8. The smallest absolute Gasteiger partial charge is 0.279 e. The van der Waals surface area contributed by atoms with E-state index in [-0.39, 0.29) is 24.7 Å². The van der Waals surface area contributed by atoms with Gasteiger partial charge in [0.1, 0.15) is 5.82 Å². The minimum atomic E-state index is -3.57. The van der Waals surface area contributed by atoms with Crippen LogP contribution in [0, 0.1) is 5.82 Å². The third-order valence-corrected chi connectivity index (χ3v) is 4.65. The summed E-state index contributed by atoms with van der Waals surface area (Å²) in [7, 11) is -0.746. The predicted molar refractivity (Wildman–Crippen MR) is 72.9 cm³/mol. The van der Waals surface area contributed by atoms with Crippen LogP contribution in [0.3, 0.4) is 0 Å². The van der Waals surface area contributed by atoms with Gasteiger partial charge in [0.25, 0.3) is 10.2 Å². The first-order chi connectivity index (χ1) is 9.29. The van der Waals surface area contributed by atoms with Crippen molar-refractivity contribution in [3.05, 3.63) is 30.1 Å². The van der Waals surface area contributed by atoms with Gasteiger partial charge in [-0.05, 0) is 24.3 Å². The van der Waals surface area contributed by atoms with Gasteiger partial charge in [0, 0.05) is 38.8 Å². The number of nitrogens with one attached hydrogen (secondary N) is 1. The zero-order chi connectivity index (χ0) is 14.9. The van der Waals surface area contributed by atoms with Gasteiger partial charge in [0.15, 0.2) is 0 Å². The van der Waals surface area contributed by atoms with E-state index in [1.807, 2.05) is 0 Å². The van der Waals surface area contributed by atoms with E-state index in [9.17, 15) is 17.6 Å². The molecule has 1 heterocycles. The highest BCUT2D eigenvalue weighted by Gasteiger charge is 2.33. The van der Waals surface area contributed by atoms with Crippen LogP contribution in [0.15, 0.2) is 24.3 Å². The molecule has 1 amide bonds. The van der Waals surface area contributed by atoms with Gasteiger partial charge in [0.2, 0.25) is 5.91 Å². The highest BCUT2D eigenvalue weighted by atomic mass is 32.2. The normalized spacial score (nSPS) is 19.9. The SMILES string of the molecule is CN(C)S(=O)(=O)N[C@@H]1CC(=O)N(c2ccc(F)cc2)C1. The fourth-order valence-corrected chi connectivity index (χ4v) is 2.76. The molecular formula is C12H16FN3O3S. The highest BCUT2D eigenvalue weighted by Crippen LogP contribution is 2.22. The van der Waals surface area contributed by atoms with Crippen LogP contribution in [0.1, 0.15) is 6.42 Å². The van der Waals surface area contributed by atoms with Gasteiger partial charge in [-0.3, -0.25) is 4.79 Å². The van der Waals surface area contributed by atoms with Crippen molar-refractivity contribution in [2.24, 2.45) is 0 Å². The summed E-state index contributed by atoms with van der Waals surface area (Å²) in [5, 5.41) is 0. The van der Waals surface area contributed by atoms with Crippen molar-refractivity contribution in [1.29, 1.82) is 0 Å². The second-order valence-corrected chi connectivity index (χ2v) is 6.70. The summed E-state index contributed by atoms with van der Waals surface area (Å²) >= 11 is 0. The first-order valence-corrected chi connectivity index (χ1v) is 7.49. The fourth-order valence-electron chi connectivity index (χ4n) is 1.97. The van der Waals surface area contributed by atoms with Crippen molar-refractivity contribution in [1.82, 2.24) is 9.03 Å². The Morgan fingerprint density at radius 1 is 1.30 bits per heavy atom. The molecule has 0 bridgehead atoms. The lowest BCUT2D eigenvalue weighted by atomic mass is 10.3. The number of rotatable bonds is 4. The molecule has 2 rings (SSSR count). The molecule has 1 aliphatic rings. The van der Waals surface area contributed by atoms with Gasteiger partial charge in [0.05, 0.1) is 0 Å². The Morgan fingerprint density at radius 3 is 2.45 bits per heavy atom. The Hall–Kier alpha value is -1.51. The maximum atomic E-state index is 12.9. The molecule has 6 nitrogen and oxygen atoms in total. The first kappa shape index (κ1) is 14.9. The number of amides is 1. The molecule has 0 aromatic heterocycles. The summed E-state index contributed by atoms with van der Waals surface area (Å²) in [6.07, 6.45) is 0.0877. The van der Waals surface area contributed by atoms with Crippen molar-refractivity contribution in [2.75, 3.05) is 25.5 Å². The molecule has 0 radical (unpaired) electrons. The monoisotopic (exact) mass is 301 g/mol. The standard InChI is InChI=1S/C12H16FN3O3S/c1-15(2)20(18,19)14-10-7-12(17)16(8-10)11-5-3-9(13)4-6-11/h3-6,10,14H,7-8H2,1-2H3/t10-/m1/s1. The first-order valence-electron chi connectivity index (χ1n) is 6.05. The number of hydrogen-bond donors (Lipinski definition) is 1. The number of halogens is 1. The minimum absolute atomic E-state index is 0.0877. The summed E-state index contributed by atoms with van der Waals surface area (Å²) in [6.45, 7) is 0.234. The Kier molecular flexibility index (Phi) is 4.07. The Balaban J connectivity index is 2.10. The predicted octanol–water partition coefficient (Wildman–Crippen LogP) is 0.327. The highest BCUT2D eigenvalue weighted by molar-refractivity contribution is 7.87. The topological polar surface area (TPSA) is 69.7 Å². The zero-order valence-electron chi connectivity index (χ0n) is 11.2. The number of carbonyl (C=O) groups is 1. The van der Waals surface area contributed by atoms with Crippen molar-refractivity contribution < 1.29 is 17.6 Å². The average molecular weight is 301 g/mol. The summed E-state index contributed by atoms with van der Waals surface area (Å²) in [4.78, 5) is 13.4. The van der Waals surface area contributed by atoms with E-state index < -0.39 is 16.3 Å². The van der Waals surface area contributed by atoms with E-state index in [4.69, 9.17) is 0 Å². The van der Waals surface area contributed by atoms with Gasteiger partial charge >= 0.3 is 0 Å². The van der Waals surface area contributed by atoms with Crippen molar-refractivity contribution in [3.8, 4) is 0 Å². The van der Waals surface area contributed by atoms with E-state index >= 15 is 0 Å². The molecule has 1 N–H and O–H groups in total. The van der Waals surface area contributed by atoms with E-state index in [2.05, 4.69) is 4.72 Å². The van der Waals surface area contributed by atoms with Gasteiger partial charge < -0.3 is 4.90 Å². The molecule has 110 valence electrons. The molecular weight excluding hydrogens is 285 g/mol. The molecule has 0 saturated carbocycles. The molecule has 1 fully saturated rings. The van der Waals surface area contributed by atoms with Crippen LogP contribution in [0.2, 0.25) is 0 Å². The number of nitrogens with zero attached hydrogens (tertiary/aromatic N) is 2. The molecule has 8 heteroatoms. The van der Waals surface area contributed by atoms with Crippen LogP contribution in [-0.4, -0.2) is 45.3 Å². The second kappa shape index (κ2) is 5.47. The third kappa shape index (κ3) is 3.14. The zero-order valence-corrected chi connectivity index (χ0v) is 12.0. The van der Waals surface area contributed by atoms with Gasteiger partial charge in [-0.2, -0.15) is 17.4 Å². The lowest BCUT2D eigenvalue weighted by Crippen LogP contribution is -2.43. The summed E-state index contributed by atoms with van der Waals surface area (Å²) in [6, 6.07) is 5.03. The van der Waals surface area contributed by atoms with Crippen LogP contribution in [-0.2, 0) is 15.0 Å². The van der Waals surface area contributed by atoms with Crippen molar-refractivity contribution >= 4 is 21.8 Å². The quantitative estimate of drug-likeness (QED) is 0.871. The Morgan fingerprint density at radius 2 is 1.90 bits per heavy atom. The van der Waals surface area contributed by atoms with Crippen LogP contribution < -0.4 is 9.62 Å². The number of carbonyl (C=O) groups excluding carboxylic acids is 1. The number of hydrogen-bond acceptors (Lipinski definition) is 3. The number of benzene rings is 1. The maximum absolute atomic E-state index is 12.9. The maximum Gasteiger partial charge on any atom is 0.279 e. The lowest BCUT2D eigenvalue weighted by Gasteiger charge is -2.18. The van der Waals surface area contributed by atoms with Crippen LogP contribution in [0.25, 0.3) is 0 Å². The second-order valence-electron chi connectivity index (χ2n) is 4.79. The summed E-state index contributed by atoms with van der Waals surface area (Å²) in [5.41, 5.74) is 0.558. The lowest BCUT2D eigenvalue weighted by molar-refractivity contribution is -0.117. The molecule has 20 heavy (non-hydrogen) atoms. The Labute approximate surface area is 117 Å². The molecule has 0 spiro atoms. The molecule has 1 aliphatic heterocycles. The molecule has 0 unspecified atom stereocenters. The van der Waals surface area contributed by atoms with Gasteiger partial charge in [-0.15, -0.1) is 0 Å². The van der Waals surface area contributed by atoms with Crippen LogP contribution in [0.4, 0.5) is 10.1 Å². The fraction of sp³-hybridized carbons (Fsp3) is 0.417. The van der Waals surface area contributed by atoms with E-state index in [1.165, 1.54) is 43.3 Å². The third-order valence-electron chi connectivity index (χ3n) is 3.06. The molecule has 1 saturated heterocycles. The van der Waals surface area contributed by atoms with E-state index in [1.54, 1.807) is 0 Å². The van der Waals surface area contributed by atoms with Crippen molar-refractivity contribution in [3.63, 3.8) is 0 Å². The largest absolute Gasteiger partial charge is 0.311 e. The molecule has 1 aromatic rings. The number of anilines is 1. The van der Waals surface area contributed by atoms with E-state index in [0.717, 1.165) is 4.31 Å².